The standard InChI is InChI=1S/C22H25N3O4/c1-15(26)24-22(18-6-2-3-9-23-18)17-5-4-10-25(13-17)21(27)12-16-7-8-19-20(11-16)29-14-28-19/h2-3,6-9,11,17,22H,4-5,10,12-14H2,1H3,(H,24,26)/t17-,22-/m1/s1. The molecule has 0 unspecified atom stereocenters. The fraction of sp³-hybridized carbons (Fsp3) is 0.409. The highest BCUT2D eigenvalue weighted by atomic mass is 16.7. The van der Waals surface area contributed by atoms with Gasteiger partial charge in [0.25, 0.3) is 0 Å². The summed E-state index contributed by atoms with van der Waals surface area (Å²) in [7, 11) is 0. The molecule has 2 aliphatic rings. The van der Waals surface area contributed by atoms with E-state index in [1.54, 1.807) is 6.20 Å². The minimum Gasteiger partial charge on any atom is -0.454 e. The zero-order chi connectivity index (χ0) is 20.2. The van der Waals surface area contributed by atoms with Crippen molar-refractivity contribution in [2.24, 2.45) is 5.92 Å². The highest BCUT2D eigenvalue weighted by molar-refractivity contribution is 5.79. The van der Waals surface area contributed by atoms with Gasteiger partial charge < -0.3 is 19.7 Å². The average molecular weight is 395 g/mol. The maximum absolute atomic E-state index is 12.9. The van der Waals surface area contributed by atoms with Crippen LogP contribution in [0.1, 0.15) is 37.1 Å². The molecule has 1 aromatic heterocycles. The predicted octanol–water partition coefficient (Wildman–Crippen LogP) is 2.47. The van der Waals surface area contributed by atoms with E-state index in [-0.39, 0.29) is 30.6 Å². The van der Waals surface area contributed by atoms with Crippen LogP contribution in [0.4, 0.5) is 0 Å². The number of carbonyl (C=O) groups is 2. The molecule has 1 saturated heterocycles. The monoisotopic (exact) mass is 395 g/mol. The maximum atomic E-state index is 12.9. The zero-order valence-corrected chi connectivity index (χ0v) is 16.5. The van der Waals surface area contributed by atoms with E-state index in [2.05, 4.69) is 10.3 Å². The van der Waals surface area contributed by atoms with Crippen molar-refractivity contribution in [2.45, 2.75) is 32.2 Å². The van der Waals surface area contributed by atoms with Crippen molar-refractivity contribution in [1.29, 1.82) is 0 Å². The van der Waals surface area contributed by atoms with Gasteiger partial charge in [-0.05, 0) is 42.7 Å². The molecule has 2 atom stereocenters. The number of piperidine rings is 1. The van der Waals surface area contributed by atoms with Gasteiger partial charge in [0.1, 0.15) is 0 Å². The van der Waals surface area contributed by atoms with Crippen LogP contribution in [-0.4, -0.2) is 41.6 Å². The van der Waals surface area contributed by atoms with Crippen molar-refractivity contribution in [1.82, 2.24) is 15.2 Å². The van der Waals surface area contributed by atoms with Gasteiger partial charge in [0.2, 0.25) is 18.6 Å². The summed E-state index contributed by atoms with van der Waals surface area (Å²) in [4.78, 5) is 31.1. The molecule has 0 bridgehead atoms. The lowest BCUT2D eigenvalue weighted by Gasteiger charge is -2.37. The molecule has 1 aromatic carbocycles. The Morgan fingerprint density at radius 2 is 2.10 bits per heavy atom. The van der Waals surface area contributed by atoms with E-state index >= 15 is 0 Å². The van der Waals surface area contributed by atoms with E-state index in [1.807, 2.05) is 41.3 Å². The Morgan fingerprint density at radius 3 is 2.90 bits per heavy atom. The molecule has 2 aromatic rings. The molecule has 2 aliphatic heterocycles. The van der Waals surface area contributed by atoms with Crippen LogP contribution in [0.25, 0.3) is 0 Å². The van der Waals surface area contributed by atoms with Gasteiger partial charge in [-0.2, -0.15) is 0 Å². The lowest BCUT2D eigenvalue weighted by molar-refractivity contribution is -0.132. The van der Waals surface area contributed by atoms with Gasteiger partial charge in [0.05, 0.1) is 18.2 Å². The van der Waals surface area contributed by atoms with Crippen LogP contribution in [0.3, 0.4) is 0 Å². The number of fused-ring (bicyclic) bond motifs is 1. The molecule has 152 valence electrons. The molecule has 0 saturated carbocycles. The minimum atomic E-state index is -0.199. The van der Waals surface area contributed by atoms with Gasteiger partial charge in [-0.15, -0.1) is 0 Å². The second-order valence-corrected chi connectivity index (χ2v) is 7.54. The second kappa shape index (κ2) is 8.51. The van der Waals surface area contributed by atoms with Crippen molar-refractivity contribution >= 4 is 11.8 Å². The number of hydrogen-bond acceptors (Lipinski definition) is 5. The summed E-state index contributed by atoms with van der Waals surface area (Å²) >= 11 is 0. The number of pyridine rings is 1. The number of aromatic nitrogens is 1. The van der Waals surface area contributed by atoms with E-state index in [4.69, 9.17) is 9.47 Å². The molecular formula is C22H25N3O4. The first-order chi connectivity index (χ1) is 14.1. The van der Waals surface area contributed by atoms with E-state index in [1.165, 1.54) is 6.92 Å². The minimum absolute atomic E-state index is 0.0798. The SMILES string of the molecule is CC(=O)N[C@@H](c1ccccn1)[C@@H]1CCCN(C(=O)Cc2ccc3c(c2)OCO3)C1. The van der Waals surface area contributed by atoms with Crippen LogP contribution in [0.15, 0.2) is 42.6 Å². The van der Waals surface area contributed by atoms with Gasteiger partial charge in [-0.25, -0.2) is 0 Å². The van der Waals surface area contributed by atoms with Gasteiger partial charge in [-0.3, -0.25) is 14.6 Å². The molecule has 0 spiro atoms. The number of rotatable bonds is 5. The van der Waals surface area contributed by atoms with Crippen molar-refractivity contribution < 1.29 is 19.1 Å². The molecule has 7 heteroatoms. The topological polar surface area (TPSA) is 80.8 Å². The Morgan fingerprint density at radius 1 is 1.24 bits per heavy atom. The van der Waals surface area contributed by atoms with Gasteiger partial charge in [-0.1, -0.05) is 12.1 Å². The van der Waals surface area contributed by atoms with E-state index in [0.717, 1.165) is 30.6 Å². The smallest absolute Gasteiger partial charge is 0.231 e. The lowest BCUT2D eigenvalue weighted by atomic mass is 9.88. The highest BCUT2D eigenvalue weighted by Crippen LogP contribution is 2.33. The molecular weight excluding hydrogens is 370 g/mol. The summed E-state index contributed by atoms with van der Waals surface area (Å²) in [6.45, 7) is 3.07. The van der Waals surface area contributed by atoms with E-state index < -0.39 is 0 Å². The van der Waals surface area contributed by atoms with Crippen molar-refractivity contribution in [2.75, 3.05) is 19.9 Å². The van der Waals surface area contributed by atoms with Crippen LogP contribution in [-0.2, 0) is 16.0 Å². The molecule has 1 fully saturated rings. The van der Waals surface area contributed by atoms with Crippen LogP contribution >= 0.6 is 0 Å². The van der Waals surface area contributed by atoms with Crippen LogP contribution in [0, 0.1) is 5.92 Å². The molecule has 0 aliphatic carbocycles. The first kappa shape index (κ1) is 19.2. The number of benzene rings is 1. The Bertz CT molecular complexity index is 887. The Hall–Kier alpha value is -3.09. The molecule has 29 heavy (non-hydrogen) atoms. The van der Waals surface area contributed by atoms with Crippen LogP contribution < -0.4 is 14.8 Å². The Labute approximate surface area is 170 Å². The van der Waals surface area contributed by atoms with Crippen molar-refractivity contribution in [3.63, 3.8) is 0 Å². The summed E-state index contributed by atoms with van der Waals surface area (Å²) in [5.74, 6) is 1.52. The molecule has 0 radical (unpaired) electrons. The fourth-order valence-electron chi connectivity index (χ4n) is 4.06. The first-order valence-electron chi connectivity index (χ1n) is 9.94. The van der Waals surface area contributed by atoms with Crippen molar-refractivity contribution in [3.05, 3.63) is 53.9 Å². The zero-order valence-electron chi connectivity index (χ0n) is 16.5. The van der Waals surface area contributed by atoms with Gasteiger partial charge in [0.15, 0.2) is 11.5 Å². The molecule has 7 nitrogen and oxygen atoms in total. The largest absolute Gasteiger partial charge is 0.454 e. The molecule has 1 N–H and O–H groups in total. The number of ether oxygens (including phenoxy) is 2. The lowest BCUT2D eigenvalue weighted by Crippen LogP contribution is -2.45. The van der Waals surface area contributed by atoms with E-state index in [9.17, 15) is 9.59 Å². The summed E-state index contributed by atoms with van der Waals surface area (Å²) in [6.07, 6.45) is 3.89. The summed E-state index contributed by atoms with van der Waals surface area (Å²) in [5.41, 5.74) is 1.74. The molecule has 3 heterocycles. The normalized spacial score (nSPS) is 18.9. The molecule has 4 rings (SSSR count). The number of amides is 2. The number of nitrogens with zero attached hydrogens (tertiary/aromatic N) is 2. The summed E-state index contributed by atoms with van der Waals surface area (Å²) in [6, 6.07) is 11.1. The van der Waals surface area contributed by atoms with Gasteiger partial charge >= 0.3 is 0 Å². The average Bonchev–Trinajstić information content (AvgIpc) is 3.20. The van der Waals surface area contributed by atoms with E-state index in [0.29, 0.717) is 24.5 Å². The third-order valence-corrected chi connectivity index (χ3v) is 5.44. The predicted molar refractivity (Wildman–Crippen MR) is 106 cm³/mol. The number of likely N-dealkylation sites (tertiary alicyclic amines) is 1. The number of carbonyl (C=O) groups excluding carboxylic acids is 2. The fourth-order valence-corrected chi connectivity index (χ4v) is 4.06. The quantitative estimate of drug-likeness (QED) is 0.841. The van der Waals surface area contributed by atoms with Crippen molar-refractivity contribution in [3.8, 4) is 11.5 Å². The second-order valence-electron chi connectivity index (χ2n) is 7.54. The number of hydrogen-bond donors (Lipinski definition) is 1. The van der Waals surface area contributed by atoms with Gasteiger partial charge in [0, 0.05) is 32.1 Å². The maximum Gasteiger partial charge on any atom is 0.231 e. The third kappa shape index (κ3) is 4.50. The Kier molecular flexibility index (Phi) is 5.64. The summed E-state index contributed by atoms with van der Waals surface area (Å²) in [5, 5.41) is 3.03. The molecule has 2 amide bonds. The first-order valence-corrected chi connectivity index (χ1v) is 9.94. The van der Waals surface area contributed by atoms with Crippen LogP contribution in [0.5, 0.6) is 11.5 Å². The highest BCUT2D eigenvalue weighted by Gasteiger charge is 2.31. The summed E-state index contributed by atoms with van der Waals surface area (Å²) < 4.78 is 10.7. The third-order valence-electron chi connectivity index (χ3n) is 5.44. The van der Waals surface area contributed by atoms with Crippen LogP contribution in [0.2, 0.25) is 0 Å². The Balaban J connectivity index is 1.45. The number of nitrogens with one attached hydrogen (secondary N) is 1.